The Morgan fingerprint density at radius 3 is 3.08 bits per heavy atom. The smallest absolute Gasteiger partial charge is 0.225 e. The van der Waals surface area contributed by atoms with Gasteiger partial charge < -0.3 is 10.1 Å². The molecule has 68 valence electrons. The van der Waals surface area contributed by atoms with Gasteiger partial charge in [-0.2, -0.15) is 0 Å². The van der Waals surface area contributed by atoms with E-state index in [1.165, 1.54) is 12.5 Å². The van der Waals surface area contributed by atoms with Crippen molar-refractivity contribution in [2.75, 3.05) is 7.11 Å². The minimum atomic E-state index is 0.495. The number of nitrogens with zero attached hydrogens (tertiary/aromatic N) is 2. The third kappa shape index (κ3) is 2.05. The molecule has 0 unspecified atom stereocenters. The molecule has 1 rings (SSSR count). The van der Waals surface area contributed by atoms with Gasteiger partial charge in [0.05, 0.1) is 12.7 Å². The van der Waals surface area contributed by atoms with Gasteiger partial charge in [0.25, 0.3) is 0 Å². The maximum atomic E-state index is 5.03. The zero-order valence-corrected chi connectivity index (χ0v) is 7.45. The molecule has 0 spiro atoms. The van der Waals surface area contributed by atoms with Gasteiger partial charge in [-0.3, -0.25) is 0 Å². The van der Waals surface area contributed by atoms with E-state index in [0.717, 1.165) is 5.56 Å². The molecule has 0 aliphatic rings. The molecule has 1 aromatic heterocycles. The summed E-state index contributed by atoms with van der Waals surface area (Å²) in [6.07, 6.45) is 4.59. The average Bonchev–Trinajstić information content (AvgIpc) is 2.18. The molecule has 0 bridgehead atoms. The number of nitrogens with one attached hydrogen (secondary N) is 1. The summed E-state index contributed by atoms with van der Waals surface area (Å²) in [6.45, 7) is 7.31. The van der Waals surface area contributed by atoms with Crippen LogP contribution in [0, 0.1) is 0 Å². The zero-order chi connectivity index (χ0) is 9.68. The van der Waals surface area contributed by atoms with Gasteiger partial charge in [0.1, 0.15) is 6.33 Å². The molecule has 0 aliphatic carbocycles. The Kier molecular flexibility index (Phi) is 3.03. The van der Waals surface area contributed by atoms with Crippen LogP contribution in [0.2, 0.25) is 0 Å². The predicted octanol–water partition coefficient (Wildman–Crippen LogP) is 1.19. The molecule has 0 saturated carbocycles. The van der Waals surface area contributed by atoms with Crippen LogP contribution < -0.4 is 10.1 Å². The van der Waals surface area contributed by atoms with Crippen molar-refractivity contribution >= 4 is 5.70 Å². The largest absolute Gasteiger partial charge is 0.480 e. The van der Waals surface area contributed by atoms with E-state index in [-0.39, 0.29) is 0 Å². The van der Waals surface area contributed by atoms with E-state index in [2.05, 4.69) is 28.4 Å². The van der Waals surface area contributed by atoms with E-state index >= 15 is 0 Å². The van der Waals surface area contributed by atoms with Crippen LogP contribution in [0.3, 0.4) is 0 Å². The Morgan fingerprint density at radius 1 is 1.69 bits per heavy atom. The Hall–Kier alpha value is -1.84. The number of rotatable bonds is 4. The van der Waals surface area contributed by atoms with Crippen molar-refractivity contribution in [3.63, 3.8) is 0 Å². The standard InChI is InChI=1S/C9H11N3O/c1-4-11-7(2)8-5-10-6-12-9(8)13-3/h4-6,11H,1-2H2,3H3. The molecule has 4 heteroatoms. The van der Waals surface area contributed by atoms with Crippen molar-refractivity contribution < 1.29 is 4.74 Å². The maximum absolute atomic E-state index is 5.03. The van der Waals surface area contributed by atoms with Crippen LogP contribution in [0.1, 0.15) is 5.56 Å². The number of methoxy groups -OCH3 is 1. The first-order chi connectivity index (χ1) is 6.29. The second-order valence-electron chi connectivity index (χ2n) is 2.27. The van der Waals surface area contributed by atoms with Gasteiger partial charge in [-0.05, 0) is 6.20 Å². The molecule has 0 aromatic carbocycles. The minimum absolute atomic E-state index is 0.495. The van der Waals surface area contributed by atoms with Crippen molar-refractivity contribution in [3.8, 4) is 5.88 Å². The normalized spacial score (nSPS) is 9.00. The minimum Gasteiger partial charge on any atom is -0.480 e. The van der Waals surface area contributed by atoms with Gasteiger partial charge in [-0.15, -0.1) is 0 Å². The van der Waals surface area contributed by atoms with E-state index in [1.807, 2.05) is 0 Å². The van der Waals surface area contributed by atoms with Crippen LogP contribution in [0.5, 0.6) is 5.88 Å². The fraction of sp³-hybridized carbons (Fsp3) is 0.111. The van der Waals surface area contributed by atoms with Gasteiger partial charge in [0.2, 0.25) is 5.88 Å². The van der Waals surface area contributed by atoms with E-state index in [4.69, 9.17) is 4.74 Å². The first-order valence-corrected chi connectivity index (χ1v) is 3.70. The Bertz CT molecular complexity index is 322. The third-order valence-corrected chi connectivity index (χ3v) is 1.47. The summed E-state index contributed by atoms with van der Waals surface area (Å²) in [6, 6.07) is 0. The summed E-state index contributed by atoms with van der Waals surface area (Å²) >= 11 is 0. The third-order valence-electron chi connectivity index (χ3n) is 1.47. The lowest BCUT2D eigenvalue weighted by Gasteiger charge is -2.07. The van der Waals surface area contributed by atoms with E-state index < -0.39 is 0 Å². The number of ether oxygens (including phenoxy) is 1. The van der Waals surface area contributed by atoms with Crippen molar-refractivity contribution in [3.05, 3.63) is 37.4 Å². The summed E-state index contributed by atoms with van der Waals surface area (Å²) in [5, 5.41) is 2.85. The van der Waals surface area contributed by atoms with Crippen LogP contribution in [-0.2, 0) is 0 Å². The van der Waals surface area contributed by atoms with Crippen molar-refractivity contribution in [2.45, 2.75) is 0 Å². The van der Waals surface area contributed by atoms with E-state index in [1.54, 1.807) is 13.3 Å². The summed E-state index contributed by atoms with van der Waals surface area (Å²) < 4.78 is 5.03. The summed E-state index contributed by atoms with van der Waals surface area (Å²) in [7, 11) is 1.55. The molecular formula is C9H11N3O. The van der Waals surface area contributed by atoms with Gasteiger partial charge in [-0.25, -0.2) is 9.97 Å². The molecule has 1 heterocycles. The molecule has 0 amide bonds. The molecule has 0 atom stereocenters. The highest BCUT2D eigenvalue weighted by Gasteiger charge is 2.05. The molecule has 1 N–H and O–H groups in total. The lowest BCUT2D eigenvalue weighted by Crippen LogP contribution is -2.04. The van der Waals surface area contributed by atoms with Crippen LogP contribution in [-0.4, -0.2) is 17.1 Å². The molecule has 4 nitrogen and oxygen atoms in total. The summed E-state index contributed by atoms with van der Waals surface area (Å²) in [5.74, 6) is 0.495. The van der Waals surface area contributed by atoms with E-state index in [9.17, 15) is 0 Å². The molecule has 0 fully saturated rings. The summed E-state index contributed by atoms with van der Waals surface area (Å²) in [4.78, 5) is 7.80. The van der Waals surface area contributed by atoms with Crippen LogP contribution in [0.25, 0.3) is 5.70 Å². The van der Waals surface area contributed by atoms with Crippen molar-refractivity contribution in [2.24, 2.45) is 0 Å². The van der Waals surface area contributed by atoms with Crippen LogP contribution in [0.4, 0.5) is 0 Å². The van der Waals surface area contributed by atoms with E-state index in [0.29, 0.717) is 11.6 Å². The van der Waals surface area contributed by atoms with Crippen molar-refractivity contribution in [1.29, 1.82) is 0 Å². The SMILES string of the molecule is C=CNC(=C)c1cncnc1OC. The lowest BCUT2D eigenvalue weighted by molar-refractivity contribution is 0.395. The quantitative estimate of drug-likeness (QED) is 0.750. The van der Waals surface area contributed by atoms with Crippen LogP contribution >= 0.6 is 0 Å². The molecule has 0 aliphatic heterocycles. The monoisotopic (exact) mass is 177 g/mol. The second kappa shape index (κ2) is 4.25. The first-order valence-electron chi connectivity index (χ1n) is 3.70. The topological polar surface area (TPSA) is 47.0 Å². The Labute approximate surface area is 77.0 Å². The fourth-order valence-corrected chi connectivity index (χ4v) is 0.889. The van der Waals surface area contributed by atoms with Crippen molar-refractivity contribution in [1.82, 2.24) is 15.3 Å². The maximum Gasteiger partial charge on any atom is 0.225 e. The average molecular weight is 177 g/mol. The van der Waals surface area contributed by atoms with Gasteiger partial charge in [-0.1, -0.05) is 13.2 Å². The molecule has 13 heavy (non-hydrogen) atoms. The second-order valence-corrected chi connectivity index (χ2v) is 2.27. The summed E-state index contributed by atoms with van der Waals surface area (Å²) in [5.41, 5.74) is 1.39. The fourth-order valence-electron chi connectivity index (χ4n) is 0.889. The molecule has 0 radical (unpaired) electrons. The van der Waals surface area contributed by atoms with Crippen LogP contribution in [0.15, 0.2) is 31.9 Å². The Morgan fingerprint density at radius 2 is 2.46 bits per heavy atom. The van der Waals surface area contributed by atoms with Gasteiger partial charge >= 0.3 is 0 Å². The lowest BCUT2D eigenvalue weighted by atomic mass is 10.2. The molecule has 0 saturated heterocycles. The number of hydrogen-bond acceptors (Lipinski definition) is 4. The number of hydrogen-bond donors (Lipinski definition) is 1. The predicted molar refractivity (Wildman–Crippen MR) is 51.0 cm³/mol. The highest BCUT2D eigenvalue weighted by molar-refractivity contribution is 5.65. The molecular weight excluding hydrogens is 166 g/mol. The zero-order valence-electron chi connectivity index (χ0n) is 7.45. The highest BCUT2D eigenvalue weighted by atomic mass is 16.5. The van der Waals surface area contributed by atoms with Gasteiger partial charge in [0, 0.05) is 11.9 Å². The van der Waals surface area contributed by atoms with Gasteiger partial charge in [0.15, 0.2) is 0 Å². The Balaban J connectivity index is 2.98. The molecule has 1 aromatic rings. The first kappa shape index (κ1) is 9.25. The highest BCUT2D eigenvalue weighted by Crippen LogP contribution is 2.18. The number of aromatic nitrogens is 2.